The SMILES string of the molecule is CCC1CCC(NCc2sccc2NC(C)=O)C1C. The fourth-order valence-corrected chi connectivity index (χ4v) is 3.90. The lowest BCUT2D eigenvalue weighted by molar-refractivity contribution is -0.114. The van der Waals surface area contributed by atoms with Gasteiger partial charge in [-0.05, 0) is 36.1 Å². The van der Waals surface area contributed by atoms with Crippen LogP contribution in [-0.2, 0) is 11.3 Å². The van der Waals surface area contributed by atoms with Crippen molar-refractivity contribution in [3.8, 4) is 0 Å². The van der Waals surface area contributed by atoms with E-state index in [1.165, 1.54) is 24.1 Å². The van der Waals surface area contributed by atoms with E-state index >= 15 is 0 Å². The highest BCUT2D eigenvalue weighted by molar-refractivity contribution is 7.10. The lowest BCUT2D eigenvalue weighted by atomic mass is 9.93. The summed E-state index contributed by atoms with van der Waals surface area (Å²) in [6, 6.07) is 2.60. The molecule has 1 aromatic rings. The van der Waals surface area contributed by atoms with Gasteiger partial charge in [-0.3, -0.25) is 4.79 Å². The number of hydrogen-bond acceptors (Lipinski definition) is 3. The first-order valence-corrected chi connectivity index (χ1v) is 8.07. The van der Waals surface area contributed by atoms with E-state index in [0.29, 0.717) is 6.04 Å². The van der Waals surface area contributed by atoms with Crippen molar-refractivity contribution in [3.05, 3.63) is 16.3 Å². The molecule has 1 amide bonds. The molecule has 3 nitrogen and oxygen atoms in total. The minimum absolute atomic E-state index is 0.0000635. The lowest BCUT2D eigenvalue weighted by Gasteiger charge is -2.21. The molecule has 0 aromatic carbocycles. The zero-order valence-corrected chi connectivity index (χ0v) is 12.8. The molecule has 2 N–H and O–H groups in total. The highest BCUT2D eigenvalue weighted by Crippen LogP contribution is 2.34. The quantitative estimate of drug-likeness (QED) is 0.865. The fraction of sp³-hybridized carbons (Fsp3) is 0.667. The second-order valence-corrected chi connectivity index (χ2v) is 6.53. The van der Waals surface area contributed by atoms with Crippen LogP contribution in [-0.4, -0.2) is 11.9 Å². The molecule has 3 unspecified atom stereocenters. The molecule has 1 fully saturated rings. The second kappa shape index (κ2) is 6.53. The molecule has 19 heavy (non-hydrogen) atoms. The van der Waals surface area contributed by atoms with E-state index in [4.69, 9.17) is 0 Å². The summed E-state index contributed by atoms with van der Waals surface area (Å²) in [5, 5.41) is 8.60. The Hall–Kier alpha value is -0.870. The second-order valence-electron chi connectivity index (χ2n) is 5.53. The average molecular weight is 280 g/mol. The summed E-state index contributed by atoms with van der Waals surface area (Å²) < 4.78 is 0. The molecule has 0 saturated heterocycles. The third-order valence-electron chi connectivity index (χ3n) is 4.33. The van der Waals surface area contributed by atoms with Crippen LogP contribution in [0.4, 0.5) is 5.69 Å². The van der Waals surface area contributed by atoms with Gasteiger partial charge in [0.05, 0.1) is 5.69 Å². The molecular formula is C15H24N2OS. The molecule has 1 saturated carbocycles. The van der Waals surface area contributed by atoms with E-state index in [0.717, 1.165) is 24.1 Å². The van der Waals surface area contributed by atoms with Gasteiger partial charge in [0.25, 0.3) is 0 Å². The van der Waals surface area contributed by atoms with Gasteiger partial charge in [0, 0.05) is 24.4 Å². The number of hydrogen-bond donors (Lipinski definition) is 2. The van der Waals surface area contributed by atoms with Crippen LogP contribution in [0.25, 0.3) is 0 Å². The summed E-state index contributed by atoms with van der Waals surface area (Å²) in [5.41, 5.74) is 0.961. The number of rotatable bonds is 5. The molecule has 0 aliphatic heterocycles. The number of carbonyl (C=O) groups is 1. The maximum atomic E-state index is 11.1. The van der Waals surface area contributed by atoms with Gasteiger partial charge >= 0.3 is 0 Å². The van der Waals surface area contributed by atoms with Crippen molar-refractivity contribution in [1.82, 2.24) is 5.32 Å². The summed E-state index contributed by atoms with van der Waals surface area (Å²) in [6.07, 6.45) is 3.91. The highest BCUT2D eigenvalue weighted by Gasteiger charge is 2.31. The van der Waals surface area contributed by atoms with Crippen LogP contribution in [0.1, 0.15) is 44.9 Å². The molecule has 3 atom stereocenters. The van der Waals surface area contributed by atoms with Crippen LogP contribution in [0.2, 0.25) is 0 Å². The fourth-order valence-electron chi connectivity index (χ4n) is 3.11. The van der Waals surface area contributed by atoms with Crippen molar-refractivity contribution in [1.29, 1.82) is 0 Å². The lowest BCUT2D eigenvalue weighted by Crippen LogP contribution is -2.32. The molecule has 0 radical (unpaired) electrons. The standard InChI is InChI=1S/C15H24N2OS/c1-4-12-5-6-13(10(12)2)16-9-15-14(7-8-19-15)17-11(3)18/h7-8,10,12-13,16H,4-6,9H2,1-3H3,(H,17,18). The van der Waals surface area contributed by atoms with Gasteiger partial charge in [-0.2, -0.15) is 0 Å². The summed E-state index contributed by atoms with van der Waals surface area (Å²) in [7, 11) is 0. The van der Waals surface area contributed by atoms with Crippen LogP contribution < -0.4 is 10.6 Å². The molecular weight excluding hydrogens is 256 g/mol. The first-order chi connectivity index (χ1) is 9.11. The van der Waals surface area contributed by atoms with Gasteiger partial charge < -0.3 is 10.6 Å². The molecule has 1 aliphatic carbocycles. The van der Waals surface area contributed by atoms with Crippen molar-refractivity contribution in [2.45, 2.75) is 52.6 Å². The van der Waals surface area contributed by atoms with Crippen molar-refractivity contribution < 1.29 is 4.79 Å². The van der Waals surface area contributed by atoms with Gasteiger partial charge in [-0.15, -0.1) is 11.3 Å². The van der Waals surface area contributed by atoms with Gasteiger partial charge in [0.2, 0.25) is 5.91 Å². The molecule has 1 aromatic heterocycles. The Morgan fingerprint density at radius 3 is 2.89 bits per heavy atom. The summed E-state index contributed by atoms with van der Waals surface area (Å²) in [5.74, 6) is 1.63. The first-order valence-electron chi connectivity index (χ1n) is 7.19. The van der Waals surface area contributed by atoms with Gasteiger partial charge in [0.15, 0.2) is 0 Å². The molecule has 0 bridgehead atoms. The van der Waals surface area contributed by atoms with Crippen LogP contribution in [0.3, 0.4) is 0 Å². The zero-order chi connectivity index (χ0) is 13.8. The van der Waals surface area contributed by atoms with E-state index in [9.17, 15) is 4.79 Å². The third-order valence-corrected chi connectivity index (χ3v) is 5.25. The predicted octanol–water partition coefficient (Wildman–Crippen LogP) is 3.62. The monoisotopic (exact) mass is 280 g/mol. The van der Waals surface area contributed by atoms with Crippen LogP contribution in [0, 0.1) is 11.8 Å². The van der Waals surface area contributed by atoms with Crippen LogP contribution >= 0.6 is 11.3 Å². The van der Waals surface area contributed by atoms with Crippen molar-refractivity contribution >= 4 is 22.9 Å². The molecule has 106 valence electrons. The molecule has 1 aliphatic rings. The number of carbonyl (C=O) groups excluding carboxylic acids is 1. The Bertz CT molecular complexity index is 430. The Balaban J connectivity index is 1.89. The smallest absolute Gasteiger partial charge is 0.221 e. The molecule has 4 heteroatoms. The maximum absolute atomic E-state index is 11.1. The summed E-state index contributed by atoms with van der Waals surface area (Å²) >= 11 is 1.71. The Labute approximate surface area is 119 Å². The zero-order valence-electron chi connectivity index (χ0n) is 12.0. The van der Waals surface area contributed by atoms with Crippen molar-refractivity contribution in [3.63, 3.8) is 0 Å². The van der Waals surface area contributed by atoms with Gasteiger partial charge in [-0.25, -0.2) is 0 Å². The van der Waals surface area contributed by atoms with E-state index in [1.807, 2.05) is 11.4 Å². The Kier molecular flexibility index (Phi) is 4.99. The topological polar surface area (TPSA) is 41.1 Å². The first kappa shape index (κ1) is 14.5. The van der Waals surface area contributed by atoms with Crippen LogP contribution in [0.15, 0.2) is 11.4 Å². The van der Waals surface area contributed by atoms with E-state index < -0.39 is 0 Å². The van der Waals surface area contributed by atoms with E-state index in [2.05, 4.69) is 24.5 Å². The molecule has 2 rings (SSSR count). The van der Waals surface area contributed by atoms with Gasteiger partial charge in [-0.1, -0.05) is 20.3 Å². The molecule has 0 spiro atoms. The Morgan fingerprint density at radius 1 is 1.47 bits per heavy atom. The average Bonchev–Trinajstić information content (AvgIpc) is 2.93. The molecule has 1 heterocycles. The normalized spacial score (nSPS) is 26.6. The largest absolute Gasteiger partial charge is 0.325 e. The predicted molar refractivity (Wildman–Crippen MR) is 81.4 cm³/mol. The summed E-state index contributed by atoms with van der Waals surface area (Å²) in [6.45, 7) is 7.07. The van der Waals surface area contributed by atoms with Crippen molar-refractivity contribution in [2.75, 3.05) is 5.32 Å². The number of nitrogens with one attached hydrogen (secondary N) is 2. The maximum Gasteiger partial charge on any atom is 0.221 e. The van der Waals surface area contributed by atoms with E-state index in [-0.39, 0.29) is 5.91 Å². The van der Waals surface area contributed by atoms with Gasteiger partial charge in [0.1, 0.15) is 0 Å². The highest BCUT2D eigenvalue weighted by atomic mass is 32.1. The van der Waals surface area contributed by atoms with E-state index in [1.54, 1.807) is 18.3 Å². The minimum Gasteiger partial charge on any atom is -0.325 e. The minimum atomic E-state index is -0.0000635. The number of anilines is 1. The Morgan fingerprint density at radius 2 is 2.26 bits per heavy atom. The number of thiophene rings is 1. The van der Waals surface area contributed by atoms with Crippen molar-refractivity contribution in [2.24, 2.45) is 11.8 Å². The number of amides is 1. The summed E-state index contributed by atoms with van der Waals surface area (Å²) in [4.78, 5) is 12.4. The third kappa shape index (κ3) is 3.57. The van der Waals surface area contributed by atoms with Crippen LogP contribution in [0.5, 0.6) is 0 Å².